The number of hydrogen-bond donors (Lipinski definition) is 2. The van der Waals surface area contributed by atoms with Crippen LogP contribution in [-0.4, -0.2) is 29.7 Å². The molecule has 0 amide bonds. The number of ether oxygens (including phenoxy) is 1. The van der Waals surface area contributed by atoms with Crippen molar-refractivity contribution in [3.63, 3.8) is 0 Å². The Labute approximate surface area is 126 Å². The normalized spacial score (nSPS) is 18.5. The molecule has 0 spiro atoms. The first kappa shape index (κ1) is 14.2. The van der Waals surface area contributed by atoms with E-state index in [0.29, 0.717) is 35.5 Å². The Bertz CT molecular complexity index is 634. The van der Waals surface area contributed by atoms with Crippen molar-refractivity contribution in [3.8, 4) is 0 Å². The Balaban J connectivity index is 1.77. The third-order valence-electron chi connectivity index (χ3n) is 3.15. The van der Waals surface area contributed by atoms with E-state index in [-0.39, 0.29) is 11.9 Å². The van der Waals surface area contributed by atoms with E-state index in [1.807, 2.05) is 0 Å². The van der Waals surface area contributed by atoms with Crippen LogP contribution in [0.4, 0.5) is 16.0 Å². The second kappa shape index (κ2) is 6.34. The molecule has 1 saturated heterocycles. The van der Waals surface area contributed by atoms with Crippen molar-refractivity contribution in [1.82, 2.24) is 15.3 Å². The van der Waals surface area contributed by atoms with Gasteiger partial charge < -0.3 is 15.4 Å². The number of anilines is 2. The summed E-state index contributed by atoms with van der Waals surface area (Å²) >= 11 is 5.78. The number of benzene rings is 1. The van der Waals surface area contributed by atoms with Crippen molar-refractivity contribution in [2.75, 3.05) is 25.0 Å². The molecule has 0 unspecified atom stereocenters. The molecule has 5 nitrogen and oxygen atoms in total. The quantitative estimate of drug-likeness (QED) is 0.854. The molecule has 2 heterocycles. The molecule has 1 atom stereocenters. The summed E-state index contributed by atoms with van der Waals surface area (Å²) in [5.74, 6) is 0.000890. The molecule has 1 aromatic carbocycles. The summed E-state index contributed by atoms with van der Waals surface area (Å²) in [6.45, 7) is 1.99. The van der Waals surface area contributed by atoms with Gasteiger partial charge in [0.25, 0.3) is 0 Å². The van der Waals surface area contributed by atoms with Crippen molar-refractivity contribution in [1.29, 1.82) is 0 Å². The largest absolute Gasteiger partial charge is 0.371 e. The van der Waals surface area contributed by atoms with Crippen molar-refractivity contribution in [2.45, 2.75) is 6.10 Å². The standard InChI is InChI=1S/C14H14ClFN4O/c15-13-3-4-18-14(20-13)19-9-1-2-10(11(16)7-9)12-8-17-5-6-21-12/h1-4,7,12,17H,5-6,8H2,(H,18,19,20)/t12-/m0/s1. The van der Waals surface area contributed by atoms with E-state index in [1.54, 1.807) is 18.2 Å². The molecule has 1 aromatic heterocycles. The summed E-state index contributed by atoms with van der Waals surface area (Å²) in [6, 6.07) is 6.45. The third-order valence-corrected chi connectivity index (χ3v) is 3.36. The Hall–Kier alpha value is -1.76. The monoisotopic (exact) mass is 308 g/mol. The lowest BCUT2D eigenvalue weighted by atomic mass is 10.1. The van der Waals surface area contributed by atoms with Crippen molar-refractivity contribution >= 4 is 23.2 Å². The second-order valence-corrected chi connectivity index (χ2v) is 5.02. The SMILES string of the molecule is Fc1cc(Nc2nccc(Cl)n2)ccc1[C@@H]1CNCCO1. The van der Waals surface area contributed by atoms with Crippen LogP contribution in [0.1, 0.15) is 11.7 Å². The first-order chi connectivity index (χ1) is 10.2. The highest BCUT2D eigenvalue weighted by atomic mass is 35.5. The minimum absolute atomic E-state index is 0.254. The van der Waals surface area contributed by atoms with Gasteiger partial charge >= 0.3 is 0 Å². The minimum Gasteiger partial charge on any atom is -0.371 e. The molecule has 1 fully saturated rings. The lowest BCUT2D eigenvalue weighted by Crippen LogP contribution is -2.33. The number of halogens is 2. The van der Waals surface area contributed by atoms with Crippen LogP contribution in [0.25, 0.3) is 0 Å². The summed E-state index contributed by atoms with van der Waals surface area (Å²) < 4.78 is 19.8. The van der Waals surface area contributed by atoms with Gasteiger partial charge in [-0.25, -0.2) is 14.4 Å². The lowest BCUT2D eigenvalue weighted by molar-refractivity contribution is 0.0255. The smallest absolute Gasteiger partial charge is 0.228 e. The number of nitrogens with one attached hydrogen (secondary N) is 2. The number of rotatable bonds is 3. The Morgan fingerprint density at radius 1 is 1.38 bits per heavy atom. The maximum atomic E-state index is 14.2. The topological polar surface area (TPSA) is 59.1 Å². The Morgan fingerprint density at radius 3 is 3.00 bits per heavy atom. The molecule has 0 saturated carbocycles. The van der Waals surface area contributed by atoms with Crippen LogP contribution in [0, 0.1) is 5.82 Å². The summed E-state index contributed by atoms with van der Waals surface area (Å²) in [5.41, 5.74) is 1.10. The maximum absolute atomic E-state index is 14.2. The highest BCUT2D eigenvalue weighted by Crippen LogP contribution is 2.25. The molecular weight excluding hydrogens is 295 g/mol. The molecule has 0 radical (unpaired) electrons. The van der Waals surface area contributed by atoms with Gasteiger partial charge in [-0.3, -0.25) is 0 Å². The summed E-state index contributed by atoms with van der Waals surface area (Å²) in [4.78, 5) is 8.01. The molecule has 0 aliphatic carbocycles. The highest BCUT2D eigenvalue weighted by Gasteiger charge is 2.19. The first-order valence-electron chi connectivity index (χ1n) is 6.60. The molecule has 1 aliphatic rings. The van der Waals surface area contributed by atoms with Gasteiger partial charge in [0.2, 0.25) is 5.95 Å². The second-order valence-electron chi connectivity index (χ2n) is 4.63. The molecule has 110 valence electrons. The molecule has 21 heavy (non-hydrogen) atoms. The molecule has 3 rings (SSSR count). The van der Waals surface area contributed by atoms with E-state index >= 15 is 0 Å². The van der Waals surface area contributed by atoms with E-state index in [2.05, 4.69) is 20.6 Å². The lowest BCUT2D eigenvalue weighted by Gasteiger charge is -2.24. The molecule has 0 bridgehead atoms. The molecular formula is C14H14ClFN4O. The number of hydrogen-bond acceptors (Lipinski definition) is 5. The van der Waals surface area contributed by atoms with Crippen LogP contribution in [0.3, 0.4) is 0 Å². The third kappa shape index (κ3) is 3.47. The summed E-state index contributed by atoms with van der Waals surface area (Å²) in [5, 5.41) is 6.42. The Morgan fingerprint density at radius 2 is 2.29 bits per heavy atom. The zero-order valence-electron chi connectivity index (χ0n) is 11.1. The molecule has 2 N–H and O–H groups in total. The van der Waals surface area contributed by atoms with Gasteiger partial charge in [-0.05, 0) is 18.2 Å². The van der Waals surface area contributed by atoms with Gasteiger partial charge in [-0.15, -0.1) is 0 Å². The summed E-state index contributed by atoms with van der Waals surface area (Å²) in [7, 11) is 0. The van der Waals surface area contributed by atoms with Crippen LogP contribution in [-0.2, 0) is 4.74 Å². The highest BCUT2D eigenvalue weighted by molar-refractivity contribution is 6.29. The van der Waals surface area contributed by atoms with Crippen LogP contribution >= 0.6 is 11.6 Å². The van der Waals surface area contributed by atoms with E-state index in [4.69, 9.17) is 16.3 Å². The fourth-order valence-electron chi connectivity index (χ4n) is 2.16. The summed E-state index contributed by atoms with van der Waals surface area (Å²) in [6.07, 6.45) is 1.28. The fourth-order valence-corrected chi connectivity index (χ4v) is 2.29. The van der Waals surface area contributed by atoms with Gasteiger partial charge in [0.05, 0.1) is 12.7 Å². The van der Waals surface area contributed by atoms with Gasteiger partial charge in [0, 0.05) is 30.5 Å². The van der Waals surface area contributed by atoms with Crippen LogP contribution < -0.4 is 10.6 Å². The fraction of sp³-hybridized carbons (Fsp3) is 0.286. The molecule has 1 aliphatic heterocycles. The van der Waals surface area contributed by atoms with E-state index in [0.717, 1.165) is 6.54 Å². The van der Waals surface area contributed by atoms with E-state index in [1.165, 1.54) is 12.3 Å². The average Bonchev–Trinajstić information content (AvgIpc) is 2.48. The Kier molecular flexibility index (Phi) is 4.28. The number of nitrogens with zero attached hydrogens (tertiary/aromatic N) is 2. The number of morpholine rings is 1. The average molecular weight is 309 g/mol. The van der Waals surface area contributed by atoms with Crippen LogP contribution in [0.2, 0.25) is 5.15 Å². The van der Waals surface area contributed by atoms with Gasteiger partial charge in [0.15, 0.2) is 0 Å². The predicted molar refractivity (Wildman–Crippen MR) is 78.3 cm³/mol. The van der Waals surface area contributed by atoms with Crippen molar-refractivity contribution < 1.29 is 9.13 Å². The molecule has 7 heteroatoms. The predicted octanol–water partition coefficient (Wildman–Crippen LogP) is 2.67. The minimum atomic E-state index is -0.323. The van der Waals surface area contributed by atoms with Crippen molar-refractivity contribution in [3.05, 3.63) is 47.0 Å². The zero-order chi connectivity index (χ0) is 14.7. The van der Waals surface area contributed by atoms with Crippen molar-refractivity contribution in [2.24, 2.45) is 0 Å². The zero-order valence-corrected chi connectivity index (χ0v) is 11.9. The van der Waals surface area contributed by atoms with Gasteiger partial charge in [-0.1, -0.05) is 17.7 Å². The van der Waals surface area contributed by atoms with Gasteiger partial charge in [-0.2, -0.15) is 0 Å². The first-order valence-corrected chi connectivity index (χ1v) is 6.97. The number of aromatic nitrogens is 2. The van der Waals surface area contributed by atoms with Crippen LogP contribution in [0.5, 0.6) is 0 Å². The maximum Gasteiger partial charge on any atom is 0.228 e. The van der Waals surface area contributed by atoms with Crippen LogP contribution in [0.15, 0.2) is 30.5 Å². The molecule has 2 aromatic rings. The van der Waals surface area contributed by atoms with E-state index in [9.17, 15) is 4.39 Å². The van der Waals surface area contributed by atoms with E-state index < -0.39 is 0 Å². The van der Waals surface area contributed by atoms with Gasteiger partial charge in [0.1, 0.15) is 11.0 Å².